The highest BCUT2D eigenvalue weighted by atomic mass is 16.5. The fraction of sp³-hybridized carbons (Fsp3) is 0.400. The monoisotopic (exact) mass is 328 g/mol. The lowest BCUT2D eigenvalue weighted by Crippen LogP contribution is -2.39. The molecule has 1 saturated heterocycles. The first-order valence-electron chi connectivity index (χ1n) is 8.37. The summed E-state index contributed by atoms with van der Waals surface area (Å²) in [6.07, 6.45) is 9.73. The Kier molecular flexibility index (Phi) is 6.79. The van der Waals surface area contributed by atoms with E-state index in [2.05, 4.69) is 0 Å². The molecule has 4 nitrogen and oxygen atoms in total. The van der Waals surface area contributed by atoms with Crippen molar-refractivity contribution in [1.82, 2.24) is 0 Å². The van der Waals surface area contributed by atoms with Crippen LogP contribution in [0.5, 0.6) is 0 Å². The highest BCUT2D eigenvalue weighted by Gasteiger charge is 2.43. The third-order valence-electron chi connectivity index (χ3n) is 4.10. The number of esters is 2. The van der Waals surface area contributed by atoms with Crippen LogP contribution in [0.3, 0.4) is 0 Å². The van der Waals surface area contributed by atoms with Crippen molar-refractivity contribution in [2.45, 2.75) is 32.6 Å². The molecule has 0 aromatic heterocycles. The fourth-order valence-electron chi connectivity index (χ4n) is 2.84. The molecule has 4 heteroatoms. The Morgan fingerprint density at radius 3 is 2.79 bits per heavy atom. The number of hydrogen-bond donors (Lipinski definition) is 0. The zero-order valence-electron chi connectivity index (χ0n) is 14.1. The summed E-state index contributed by atoms with van der Waals surface area (Å²) in [5, 5.41) is 0. The standard InChI is InChI=1S/C20H24O4/c1-2-23-18(21)16-20(14-9-15-24-19(20)22)13-8-4-7-12-17-10-5-3-6-11-17/h3-8,10-12H,2,9,13-16H2,1H3/b8-4+,12-7+/t20-/m0/s1. The van der Waals surface area contributed by atoms with Gasteiger partial charge in [-0.3, -0.25) is 9.59 Å². The van der Waals surface area contributed by atoms with E-state index in [1.165, 1.54) is 0 Å². The fourth-order valence-corrected chi connectivity index (χ4v) is 2.84. The van der Waals surface area contributed by atoms with Crippen LogP contribution in [-0.2, 0) is 19.1 Å². The summed E-state index contributed by atoms with van der Waals surface area (Å²) in [7, 11) is 0. The van der Waals surface area contributed by atoms with E-state index < -0.39 is 5.41 Å². The predicted molar refractivity (Wildman–Crippen MR) is 93.1 cm³/mol. The maximum absolute atomic E-state index is 12.3. The Labute approximate surface area is 143 Å². The van der Waals surface area contributed by atoms with Crippen molar-refractivity contribution >= 4 is 18.0 Å². The molecule has 1 fully saturated rings. The molecule has 1 aliphatic rings. The van der Waals surface area contributed by atoms with Gasteiger partial charge in [0, 0.05) is 0 Å². The second-order valence-electron chi connectivity index (χ2n) is 5.90. The minimum absolute atomic E-state index is 0.0758. The van der Waals surface area contributed by atoms with Crippen LogP contribution in [0.15, 0.2) is 48.6 Å². The van der Waals surface area contributed by atoms with Crippen LogP contribution in [0.2, 0.25) is 0 Å². The number of ether oxygens (including phenoxy) is 2. The van der Waals surface area contributed by atoms with Crippen LogP contribution >= 0.6 is 0 Å². The molecule has 1 aromatic carbocycles. The SMILES string of the molecule is CCOC(=O)C[C@]1(C/C=C/C=C/c2ccccc2)CCCOC1=O. The summed E-state index contributed by atoms with van der Waals surface area (Å²) in [6, 6.07) is 9.97. The van der Waals surface area contributed by atoms with Gasteiger partial charge in [0.2, 0.25) is 0 Å². The second-order valence-corrected chi connectivity index (χ2v) is 5.90. The first-order chi connectivity index (χ1) is 11.7. The van der Waals surface area contributed by atoms with Gasteiger partial charge in [0.25, 0.3) is 0 Å². The Balaban J connectivity index is 2.00. The molecule has 1 aliphatic heterocycles. The van der Waals surface area contributed by atoms with Crippen molar-refractivity contribution in [3.8, 4) is 0 Å². The number of carbonyl (C=O) groups excluding carboxylic acids is 2. The molecule has 1 aromatic rings. The van der Waals surface area contributed by atoms with Gasteiger partial charge in [-0.25, -0.2) is 0 Å². The predicted octanol–water partition coefficient (Wildman–Crippen LogP) is 3.92. The highest BCUT2D eigenvalue weighted by molar-refractivity contribution is 5.84. The molecule has 0 spiro atoms. The van der Waals surface area contributed by atoms with Gasteiger partial charge in [-0.15, -0.1) is 0 Å². The summed E-state index contributed by atoms with van der Waals surface area (Å²) < 4.78 is 10.2. The molecule has 0 unspecified atom stereocenters. The second kappa shape index (κ2) is 9.06. The van der Waals surface area contributed by atoms with E-state index in [0.29, 0.717) is 26.1 Å². The highest BCUT2D eigenvalue weighted by Crippen LogP contribution is 2.37. The van der Waals surface area contributed by atoms with Crippen LogP contribution in [0.25, 0.3) is 6.08 Å². The molecule has 128 valence electrons. The van der Waals surface area contributed by atoms with E-state index in [0.717, 1.165) is 12.0 Å². The number of allylic oxidation sites excluding steroid dienone is 3. The summed E-state index contributed by atoms with van der Waals surface area (Å²) in [5.41, 5.74) is 0.321. The van der Waals surface area contributed by atoms with E-state index in [1.807, 2.05) is 54.6 Å². The number of carbonyl (C=O) groups is 2. The Morgan fingerprint density at radius 2 is 2.08 bits per heavy atom. The molecule has 0 bridgehead atoms. The van der Waals surface area contributed by atoms with Crippen LogP contribution in [0, 0.1) is 5.41 Å². The molecular formula is C20H24O4. The lowest BCUT2D eigenvalue weighted by atomic mass is 9.76. The Morgan fingerprint density at radius 1 is 1.29 bits per heavy atom. The minimum Gasteiger partial charge on any atom is -0.466 e. The van der Waals surface area contributed by atoms with Crippen molar-refractivity contribution in [3.63, 3.8) is 0 Å². The first-order valence-corrected chi connectivity index (χ1v) is 8.37. The number of cyclic esters (lactones) is 1. The van der Waals surface area contributed by atoms with E-state index in [4.69, 9.17) is 9.47 Å². The van der Waals surface area contributed by atoms with Gasteiger partial charge in [0.05, 0.1) is 25.0 Å². The zero-order chi connectivity index (χ0) is 17.3. The van der Waals surface area contributed by atoms with E-state index >= 15 is 0 Å². The third kappa shape index (κ3) is 5.08. The maximum atomic E-state index is 12.3. The van der Waals surface area contributed by atoms with Crippen LogP contribution in [0.4, 0.5) is 0 Å². The van der Waals surface area contributed by atoms with Crippen molar-refractivity contribution in [1.29, 1.82) is 0 Å². The minimum atomic E-state index is -0.790. The normalized spacial score (nSPS) is 21.1. The number of hydrogen-bond acceptors (Lipinski definition) is 4. The molecule has 24 heavy (non-hydrogen) atoms. The van der Waals surface area contributed by atoms with Gasteiger partial charge in [0.15, 0.2) is 0 Å². The van der Waals surface area contributed by atoms with Gasteiger partial charge in [-0.1, -0.05) is 54.6 Å². The molecule has 1 atom stereocenters. The lowest BCUT2D eigenvalue weighted by Gasteiger charge is -2.33. The number of benzene rings is 1. The van der Waals surface area contributed by atoms with Gasteiger partial charge >= 0.3 is 11.9 Å². The van der Waals surface area contributed by atoms with Crippen molar-refractivity contribution in [3.05, 3.63) is 54.1 Å². The molecule has 1 heterocycles. The maximum Gasteiger partial charge on any atom is 0.312 e. The van der Waals surface area contributed by atoms with Crippen LogP contribution in [-0.4, -0.2) is 25.2 Å². The van der Waals surface area contributed by atoms with E-state index in [9.17, 15) is 9.59 Å². The summed E-state index contributed by atoms with van der Waals surface area (Å²) in [4.78, 5) is 24.1. The summed E-state index contributed by atoms with van der Waals surface area (Å²) >= 11 is 0. The Hall–Kier alpha value is -2.36. The molecule has 0 amide bonds. The molecule has 0 saturated carbocycles. The lowest BCUT2D eigenvalue weighted by molar-refractivity contribution is -0.168. The van der Waals surface area contributed by atoms with Gasteiger partial charge in [-0.05, 0) is 31.7 Å². The largest absolute Gasteiger partial charge is 0.466 e. The third-order valence-corrected chi connectivity index (χ3v) is 4.10. The van der Waals surface area contributed by atoms with E-state index in [-0.39, 0.29) is 18.4 Å². The van der Waals surface area contributed by atoms with Crippen molar-refractivity contribution in [2.75, 3.05) is 13.2 Å². The molecular weight excluding hydrogens is 304 g/mol. The van der Waals surface area contributed by atoms with Crippen LogP contribution < -0.4 is 0 Å². The summed E-state index contributed by atoms with van der Waals surface area (Å²) in [5.74, 6) is -0.636. The topological polar surface area (TPSA) is 52.6 Å². The molecule has 0 aliphatic carbocycles. The van der Waals surface area contributed by atoms with E-state index in [1.54, 1.807) is 6.92 Å². The Bertz CT molecular complexity index is 603. The zero-order valence-corrected chi connectivity index (χ0v) is 14.1. The van der Waals surface area contributed by atoms with Crippen LogP contribution in [0.1, 0.15) is 38.2 Å². The van der Waals surface area contributed by atoms with Gasteiger partial charge in [0.1, 0.15) is 0 Å². The average molecular weight is 328 g/mol. The van der Waals surface area contributed by atoms with Gasteiger partial charge in [-0.2, -0.15) is 0 Å². The summed E-state index contributed by atoms with van der Waals surface area (Å²) in [6.45, 7) is 2.51. The van der Waals surface area contributed by atoms with Crippen molar-refractivity contribution < 1.29 is 19.1 Å². The smallest absolute Gasteiger partial charge is 0.312 e. The number of rotatable bonds is 7. The molecule has 2 rings (SSSR count). The van der Waals surface area contributed by atoms with Gasteiger partial charge < -0.3 is 9.47 Å². The first kappa shape index (κ1) is 18.0. The van der Waals surface area contributed by atoms with Crippen molar-refractivity contribution in [2.24, 2.45) is 5.41 Å². The quantitative estimate of drug-likeness (QED) is 0.562. The molecule has 0 radical (unpaired) electrons. The molecule has 0 N–H and O–H groups in total. The average Bonchev–Trinajstić information content (AvgIpc) is 2.58.